The summed E-state index contributed by atoms with van der Waals surface area (Å²) in [5.74, 6) is -2.09. The van der Waals surface area contributed by atoms with Gasteiger partial charge < -0.3 is 29.2 Å². The highest BCUT2D eigenvalue weighted by Gasteiger charge is 2.49. The second-order valence-corrected chi connectivity index (χ2v) is 4.51. The molecular formula is C12H18O9. The molecule has 1 heterocycles. The Morgan fingerprint density at radius 1 is 0.952 bits per heavy atom. The van der Waals surface area contributed by atoms with Gasteiger partial charge in [0.1, 0.15) is 18.8 Å². The number of carbonyl (C=O) groups excluding carboxylic acids is 3. The number of hydrogen-bond donors (Lipinski definition) is 2. The third-order valence-electron chi connectivity index (χ3n) is 2.69. The van der Waals surface area contributed by atoms with Gasteiger partial charge in [0.2, 0.25) is 0 Å². The van der Waals surface area contributed by atoms with Crippen molar-refractivity contribution in [2.75, 3.05) is 6.61 Å². The van der Waals surface area contributed by atoms with Crippen molar-refractivity contribution in [1.82, 2.24) is 0 Å². The Balaban J connectivity index is 2.87. The van der Waals surface area contributed by atoms with Gasteiger partial charge in [-0.15, -0.1) is 0 Å². The fourth-order valence-corrected chi connectivity index (χ4v) is 1.89. The molecule has 1 aliphatic heterocycles. The summed E-state index contributed by atoms with van der Waals surface area (Å²) < 4.78 is 19.4. The summed E-state index contributed by atoms with van der Waals surface area (Å²) >= 11 is 0. The zero-order valence-corrected chi connectivity index (χ0v) is 11.8. The van der Waals surface area contributed by atoms with E-state index in [1.54, 1.807) is 0 Å². The van der Waals surface area contributed by atoms with Crippen LogP contribution in [0.4, 0.5) is 0 Å². The zero-order chi connectivity index (χ0) is 16.2. The Bertz CT molecular complexity index is 408. The fraction of sp³-hybridized carbons (Fsp3) is 0.750. The van der Waals surface area contributed by atoms with Gasteiger partial charge in [-0.1, -0.05) is 0 Å². The Labute approximate surface area is 120 Å². The van der Waals surface area contributed by atoms with Crippen molar-refractivity contribution in [3.05, 3.63) is 0 Å². The molecule has 0 amide bonds. The van der Waals surface area contributed by atoms with Gasteiger partial charge >= 0.3 is 17.9 Å². The smallest absolute Gasteiger partial charge is 0.303 e. The second kappa shape index (κ2) is 7.34. The molecule has 0 saturated carbocycles. The molecule has 9 heteroatoms. The van der Waals surface area contributed by atoms with Crippen LogP contribution in [0.1, 0.15) is 20.8 Å². The van der Waals surface area contributed by atoms with Gasteiger partial charge in [0, 0.05) is 20.8 Å². The Morgan fingerprint density at radius 2 is 1.48 bits per heavy atom. The largest absolute Gasteiger partial charge is 0.463 e. The highest BCUT2D eigenvalue weighted by atomic mass is 16.7. The average molecular weight is 306 g/mol. The lowest BCUT2D eigenvalue weighted by atomic mass is 9.98. The first-order valence-corrected chi connectivity index (χ1v) is 6.21. The lowest BCUT2D eigenvalue weighted by Gasteiger charge is -2.41. The Hall–Kier alpha value is -1.71. The third-order valence-corrected chi connectivity index (χ3v) is 2.69. The van der Waals surface area contributed by atoms with Crippen LogP contribution < -0.4 is 0 Å². The van der Waals surface area contributed by atoms with E-state index in [1.165, 1.54) is 0 Å². The number of carbonyl (C=O) groups is 3. The van der Waals surface area contributed by atoms with Crippen molar-refractivity contribution >= 4 is 17.9 Å². The SMILES string of the molecule is CC(=O)OCC1O[C@@H](O)C(OC(C)=O)C(OC(C)=O)C1O. The standard InChI is InChI=1S/C12H18O9/c1-5(13)18-4-8-9(16)10(19-6(2)14)11(12(17)21-8)20-7(3)15/h8-12,16-17H,4H2,1-3H3/t8?,9?,10?,11?,12-/m1/s1. The van der Waals surface area contributed by atoms with Crippen LogP contribution in [0, 0.1) is 0 Å². The molecule has 0 spiro atoms. The van der Waals surface area contributed by atoms with Crippen molar-refractivity contribution in [2.45, 2.75) is 51.5 Å². The number of aliphatic hydroxyl groups is 2. The molecule has 4 unspecified atom stereocenters. The predicted octanol–water partition coefficient (Wildman–Crippen LogP) is -1.51. The minimum Gasteiger partial charge on any atom is -0.463 e. The molecule has 1 saturated heterocycles. The van der Waals surface area contributed by atoms with Gasteiger partial charge in [0.25, 0.3) is 0 Å². The first kappa shape index (κ1) is 17.3. The van der Waals surface area contributed by atoms with Gasteiger partial charge in [0.15, 0.2) is 18.5 Å². The molecule has 1 rings (SSSR count). The maximum atomic E-state index is 11.1. The van der Waals surface area contributed by atoms with Crippen LogP contribution in [0.15, 0.2) is 0 Å². The summed E-state index contributed by atoms with van der Waals surface area (Å²) in [6, 6.07) is 0. The second-order valence-electron chi connectivity index (χ2n) is 4.51. The highest BCUT2D eigenvalue weighted by molar-refractivity contribution is 5.67. The van der Waals surface area contributed by atoms with E-state index in [0.29, 0.717) is 0 Å². The zero-order valence-electron chi connectivity index (χ0n) is 11.8. The van der Waals surface area contributed by atoms with Crippen LogP contribution in [0.3, 0.4) is 0 Å². The monoisotopic (exact) mass is 306 g/mol. The van der Waals surface area contributed by atoms with Crippen LogP contribution in [0.5, 0.6) is 0 Å². The molecule has 0 bridgehead atoms. The third kappa shape index (κ3) is 4.96. The molecule has 21 heavy (non-hydrogen) atoms. The maximum Gasteiger partial charge on any atom is 0.303 e. The van der Waals surface area contributed by atoms with Crippen LogP contribution in [0.2, 0.25) is 0 Å². The van der Waals surface area contributed by atoms with Crippen LogP contribution in [0.25, 0.3) is 0 Å². The van der Waals surface area contributed by atoms with E-state index < -0.39 is 48.6 Å². The molecule has 1 fully saturated rings. The molecule has 2 N–H and O–H groups in total. The summed E-state index contributed by atoms with van der Waals surface area (Å²) in [4.78, 5) is 32.9. The van der Waals surface area contributed by atoms with E-state index in [0.717, 1.165) is 20.8 Å². The minimum atomic E-state index is -1.64. The van der Waals surface area contributed by atoms with E-state index in [2.05, 4.69) is 4.74 Å². The van der Waals surface area contributed by atoms with Crippen LogP contribution in [-0.2, 0) is 33.3 Å². The molecule has 9 nitrogen and oxygen atoms in total. The molecule has 0 aromatic carbocycles. The first-order valence-electron chi connectivity index (χ1n) is 6.21. The van der Waals surface area contributed by atoms with E-state index in [-0.39, 0.29) is 6.61 Å². The van der Waals surface area contributed by atoms with Crippen molar-refractivity contribution in [2.24, 2.45) is 0 Å². The number of rotatable bonds is 4. The van der Waals surface area contributed by atoms with Gasteiger partial charge in [-0.25, -0.2) is 0 Å². The lowest BCUT2D eigenvalue weighted by Crippen LogP contribution is -2.61. The summed E-state index contributed by atoms with van der Waals surface area (Å²) in [7, 11) is 0. The fourth-order valence-electron chi connectivity index (χ4n) is 1.89. The highest BCUT2D eigenvalue weighted by Crippen LogP contribution is 2.25. The van der Waals surface area contributed by atoms with Gasteiger partial charge in [-0.05, 0) is 0 Å². The number of esters is 3. The van der Waals surface area contributed by atoms with E-state index in [1.807, 2.05) is 0 Å². The Kier molecular flexibility index (Phi) is 6.06. The summed E-state index contributed by atoms with van der Waals surface area (Å²) in [6.07, 6.45) is -6.92. The average Bonchev–Trinajstić information content (AvgIpc) is 2.35. The van der Waals surface area contributed by atoms with Crippen molar-refractivity contribution < 1.29 is 43.5 Å². The molecule has 120 valence electrons. The molecule has 0 aromatic rings. The first-order chi connectivity index (χ1) is 9.72. The van der Waals surface area contributed by atoms with Gasteiger partial charge in [-0.2, -0.15) is 0 Å². The van der Waals surface area contributed by atoms with Crippen LogP contribution >= 0.6 is 0 Å². The molecular weight excluding hydrogens is 288 g/mol. The Morgan fingerprint density at radius 3 is 1.95 bits per heavy atom. The summed E-state index contributed by atoms with van der Waals surface area (Å²) in [6.45, 7) is 3.00. The summed E-state index contributed by atoms with van der Waals surface area (Å²) in [5, 5.41) is 19.9. The van der Waals surface area contributed by atoms with Crippen molar-refractivity contribution in [3.63, 3.8) is 0 Å². The minimum absolute atomic E-state index is 0.349. The van der Waals surface area contributed by atoms with Gasteiger partial charge in [0.05, 0.1) is 0 Å². The molecule has 0 aromatic heterocycles. The predicted molar refractivity (Wildman–Crippen MR) is 64.6 cm³/mol. The van der Waals surface area contributed by atoms with Crippen LogP contribution in [-0.4, -0.2) is 65.4 Å². The summed E-state index contributed by atoms with van der Waals surface area (Å²) in [5.41, 5.74) is 0. The van der Waals surface area contributed by atoms with E-state index in [4.69, 9.17) is 14.2 Å². The molecule has 1 aliphatic rings. The van der Waals surface area contributed by atoms with Crippen molar-refractivity contribution in [1.29, 1.82) is 0 Å². The number of hydrogen-bond acceptors (Lipinski definition) is 9. The van der Waals surface area contributed by atoms with E-state index in [9.17, 15) is 24.6 Å². The topological polar surface area (TPSA) is 129 Å². The normalized spacial score (nSPS) is 32.1. The molecule has 0 radical (unpaired) electrons. The molecule has 5 atom stereocenters. The number of ether oxygens (including phenoxy) is 4. The number of aliphatic hydroxyl groups excluding tert-OH is 2. The van der Waals surface area contributed by atoms with E-state index >= 15 is 0 Å². The quantitative estimate of drug-likeness (QED) is 0.470. The molecule has 0 aliphatic carbocycles. The van der Waals surface area contributed by atoms with Gasteiger partial charge in [-0.3, -0.25) is 14.4 Å². The van der Waals surface area contributed by atoms with Crippen molar-refractivity contribution in [3.8, 4) is 0 Å². The maximum absolute atomic E-state index is 11.1. The lowest BCUT2D eigenvalue weighted by molar-refractivity contribution is -0.293.